The molecule has 1 aliphatic heterocycles. The second-order valence-electron chi connectivity index (χ2n) is 6.04. The number of thioether (sulfide) groups is 1. The largest absolute Gasteiger partial charge is 0.488 e. The average Bonchev–Trinajstić information content (AvgIpc) is 2.99. The molecule has 3 aromatic carbocycles. The second-order valence-corrected chi connectivity index (χ2v) is 8.17. The number of hydrogen-bond donors (Lipinski definition) is 1. The summed E-state index contributed by atoms with van der Waals surface area (Å²) in [6.07, 6.45) is 1.75. The summed E-state index contributed by atoms with van der Waals surface area (Å²) in [5.74, 6) is -0.146. The van der Waals surface area contributed by atoms with Gasteiger partial charge in [0.1, 0.15) is 22.5 Å². The molecule has 1 saturated heterocycles. The van der Waals surface area contributed by atoms with E-state index in [-0.39, 0.29) is 18.1 Å². The third-order valence-electron chi connectivity index (χ3n) is 4.28. The Labute approximate surface area is 175 Å². The molecule has 0 bridgehead atoms. The van der Waals surface area contributed by atoms with Crippen molar-refractivity contribution in [3.8, 4) is 5.75 Å². The monoisotopic (exact) mass is 429 g/mol. The lowest BCUT2D eigenvalue weighted by Gasteiger charge is -2.13. The van der Waals surface area contributed by atoms with Crippen molar-refractivity contribution < 1.29 is 13.9 Å². The first kappa shape index (κ1) is 18.9. The molecule has 7 heteroatoms. The van der Waals surface area contributed by atoms with Crippen LogP contribution in [0.4, 0.5) is 4.39 Å². The number of carbonyl (C=O) groups excluding carboxylic acids is 1. The summed E-state index contributed by atoms with van der Waals surface area (Å²) in [6.45, 7) is -0.0300. The van der Waals surface area contributed by atoms with Crippen molar-refractivity contribution in [1.82, 2.24) is 5.32 Å². The minimum absolute atomic E-state index is 0.0300. The molecule has 0 unspecified atom stereocenters. The van der Waals surface area contributed by atoms with Crippen molar-refractivity contribution in [3.05, 3.63) is 81.5 Å². The standard InChI is InChI=1S/C21H13ClFNO2S2/c22-16-6-3-7-17(23)15(16)11-26-18-9-8-12-4-1-2-5-13(12)14(18)10-19-20(25)24-21(27)28-19/h1-10H,11H2,(H,24,25,27)/b19-10-. The highest BCUT2D eigenvalue weighted by molar-refractivity contribution is 8.26. The Morgan fingerprint density at radius 2 is 1.96 bits per heavy atom. The van der Waals surface area contributed by atoms with Crippen LogP contribution in [0.5, 0.6) is 5.75 Å². The molecule has 28 heavy (non-hydrogen) atoms. The van der Waals surface area contributed by atoms with Crippen LogP contribution in [0.1, 0.15) is 11.1 Å². The highest BCUT2D eigenvalue weighted by atomic mass is 35.5. The number of rotatable bonds is 4. The van der Waals surface area contributed by atoms with Crippen LogP contribution in [0.15, 0.2) is 59.5 Å². The number of ether oxygens (including phenoxy) is 1. The normalized spacial score (nSPS) is 15.3. The van der Waals surface area contributed by atoms with Gasteiger partial charge in [-0.2, -0.15) is 0 Å². The Kier molecular flexibility index (Phi) is 5.35. The summed E-state index contributed by atoms with van der Waals surface area (Å²) < 4.78 is 20.4. The zero-order valence-electron chi connectivity index (χ0n) is 14.4. The van der Waals surface area contributed by atoms with Crippen LogP contribution >= 0.6 is 35.6 Å². The van der Waals surface area contributed by atoms with Crippen LogP contribution in [-0.4, -0.2) is 10.2 Å². The molecule has 0 aliphatic carbocycles. The summed E-state index contributed by atoms with van der Waals surface area (Å²) in [5, 5.41) is 4.82. The summed E-state index contributed by atoms with van der Waals surface area (Å²) in [7, 11) is 0. The molecular formula is C21H13ClFNO2S2. The number of carbonyl (C=O) groups is 1. The average molecular weight is 430 g/mol. The van der Waals surface area contributed by atoms with E-state index in [1.807, 2.05) is 30.3 Å². The number of amides is 1. The van der Waals surface area contributed by atoms with Crippen molar-refractivity contribution in [1.29, 1.82) is 0 Å². The number of hydrogen-bond acceptors (Lipinski definition) is 4. The van der Waals surface area contributed by atoms with E-state index < -0.39 is 5.82 Å². The van der Waals surface area contributed by atoms with E-state index in [4.69, 9.17) is 28.6 Å². The third-order valence-corrected chi connectivity index (χ3v) is 5.80. The number of benzene rings is 3. The number of halogens is 2. The molecule has 0 atom stereocenters. The lowest BCUT2D eigenvalue weighted by atomic mass is 10.0. The topological polar surface area (TPSA) is 38.3 Å². The van der Waals surface area contributed by atoms with Gasteiger partial charge in [-0.05, 0) is 35.0 Å². The minimum atomic E-state index is -0.427. The number of nitrogens with one attached hydrogen (secondary N) is 1. The summed E-state index contributed by atoms with van der Waals surface area (Å²) in [5.41, 5.74) is 1.01. The molecule has 1 heterocycles. The van der Waals surface area contributed by atoms with Crippen molar-refractivity contribution in [2.45, 2.75) is 6.61 Å². The highest BCUT2D eigenvalue weighted by Crippen LogP contribution is 2.35. The second kappa shape index (κ2) is 7.91. The molecule has 3 aromatic rings. The van der Waals surface area contributed by atoms with Gasteiger partial charge in [-0.3, -0.25) is 4.79 Å². The first-order valence-corrected chi connectivity index (χ1v) is 9.95. The van der Waals surface area contributed by atoms with Gasteiger partial charge in [-0.15, -0.1) is 0 Å². The smallest absolute Gasteiger partial charge is 0.263 e. The summed E-state index contributed by atoms with van der Waals surface area (Å²) in [4.78, 5) is 12.6. The van der Waals surface area contributed by atoms with Gasteiger partial charge in [0.25, 0.3) is 5.91 Å². The van der Waals surface area contributed by atoms with Gasteiger partial charge < -0.3 is 10.1 Å². The Balaban J connectivity index is 1.77. The van der Waals surface area contributed by atoms with Gasteiger partial charge in [0.2, 0.25) is 0 Å². The van der Waals surface area contributed by atoms with Gasteiger partial charge in [0.15, 0.2) is 0 Å². The van der Waals surface area contributed by atoms with E-state index in [2.05, 4.69) is 5.32 Å². The van der Waals surface area contributed by atoms with Crippen LogP contribution in [0, 0.1) is 5.82 Å². The Hall–Kier alpha value is -2.41. The Bertz CT molecular complexity index is 1130. The maximum absolute atomic E-state index is 14.1. The molecule has 1 fully saturated rings. The predicted octanol–water partition coefficient (Wildman–Crippen LogP) is 5.70. The molecule has 0 aromatic heterocycles. The maximum Gasteiger partial charge on any atom is 0.263 e. The molecular weight excluding hydrogens is 417 g/mol. The van der Waals surface area contributed by atoms with Crippen LogP contribution in [0.2, 0.25) is 5.02 Å². The van der Waals surface area contributed by atoms with E-state index in [0.717, 1.165) is 16.3 Å². The molecule has 4 rings (SSSR count). The Morgan fingerprint density at radius 3 is 2.71 bits per heavy atom. The van der Waals surface area contributed by atoms with E-state index in [9.17, 15) is 9.18 Å². The SMILES string of the molecule is O=C1NC(=S)S/C1=C\c1c(OCc2c(F)cccc2Cl)ccc2ccccc12. The molecule has 0 saturated carbocycles. The highest BCUT2D eigenvalue weighted by Gasteiger charge is 2.23. The maximum atomic E-state index is 14.1. The van der Waals surface area contributed by atoms with Crippen LogP contribution in [0.3, 0.4) is 0 Å². The van der Waals surface area contributed by atoms with Crippen molar-refractivity contribution in [3.63, 3.8) is 0 Å². The lowest BCUT2D eigenvalue weighted by molar-refractivity contribution is -0.115. The fourth-order valence-corrected chi connectivity index (χ4v) is 4.17. The van der Waals surface area contributed by atoms with Gasteiger partial charge in [0, 0.05) is 11.1 Å². The van der Waals surface area contributed by atoms with E-state index >= 15 is 0 Å². The van der Waals surface area contributed by atoms with Crippen LogP contribution in [-0.2, 0) is 11.4 Å². The molecule has 1 aliphatic rings. The zero-order chi connectivity index (χ0) is 19.7. The molecule has 3 nitrogen and oxygen atoms in total. The van der Waals surface area contributed by atoms with E-state index in [1.165, 1.54) is 17.8 Å². The first-order chi connectivity index (χ1) is 13.5. The summed E-state index contributed by atoms with van der Waals surface area (Å²) >= 11 is 12.4. The number of fused-ring (bicyclic) bond motifs is 1. The third kappa shape index (κ3) is 3.76. The molecule has 1 N–H and O–H groups in total. The van der Waals surface area contributed by atoms with Gasteiger partial charge in [-0.1, -0.05) is 72.0 Å². The van der Waals surface area contributed by atoms with Crippen molar-refractivity contribution >= 4 is 62.7 Å². The Morgan fingerprint density at radius 1 is 1.14 bits per heavy atom. The van der Waals surface area contributed by atoms with E-state index in [0.29, 0.717) is 20.0 Å². The molecule has 0 spiro atoms. The summed E-state index contributed by atoms with van der Waals surface area (Å²) in [6, 6.07) is 16.0. The van der Waals surface area contributed by atoms with Gasteiger partial charge in [-0.25, -0.2) is 4.39 Å². The van der Waals surface area contributed by atoms with Crippen molar-refractivity contribution in [2.24, 2.45) is 0 Å². The van der Waals surface area contributed by atoms with Crippen molar-refractivity contribution in [2.75, 3.05) is 0 Å². The van der Waals surface area contributed by atoms with E-state index in [1.54, 1.807) is 24.3 Å². The molecule has 140 valence electrons. The molecule has 0 radical (unpaired) electrons. The minimum Gasteiger partial charge on any atom is -0.488 e. The zero-order valence-corrected chi connectivity index (χ0v) is 16.8. The van der Waals surface area contributed by atoms with Crippen LogP contribution < -0.4 is 10.1 Å². The van der Waals surface area contributed by atoms with Gasteiger partial charge in [0.05, 0.1) is 9.93 Å². The fourth-order valence-electron chi connectivity index (χ4n) is 2.92. The van der Waals surface area contributed by atoms with Crippen LogP contribution in [0.25, 0.3) is 16.8 Å². The fraction of sp³-hybridized carbons (Fsp3) is 0.0476. The first-order valence-electron chi connectivity index (χ1n) is 8.35. The quantitative estimate of drug-likeness (QED) is 0.426. The number of thiocarbonyl (C=S) groups is 1. The lowest BCUT2D eigenvalue weighted by Crippen LogP contribution is -2.17. The van der Waals surface area contributed by atoms with Gasteiger partial charge >= 0.3 is 0 Å². The molecule has 1 amide bonds. The predicted molar refractivity (Wildman–Crippen MR) is 116 cm³/mol.